The van der Waals surface area contributed by atoms with Crippen LogP contribution >= 0.6 is 0 Å². The third-order valence-corrected chi connectivity index (χ3v) is 4.21. The molecule has 0 bridgehead atoms. The Balaban J connectivity index is 1.86. The highest BCUT2D eigenvalue weighted by molar-refractivity contribution is 5.95. The van der Waals surface area contributed by atoms with Crippen LogP contribution in [0.15, 0.2) is 30.5 Å². The molecule has 1 unspecified atom stereocenters. The minimum atomic E-state index is -0.293. The van der Waals surface area contributed by atoms with Gasteiger partial charge >= 0.3 is 0 Å². The summed E-state index contributed by atoms with van der Waals surface area (Å²) in [5.41, 5.74) is 2.08. The van der Waals surface area contributed by atoms with Gasteiger partial charge in [-0.2, -0.15) is 5.10 Å². The molecule has 22 heavy (non-hydrogen) atoms. The van der Waals surface area contributed by atoms with Crippen LogP contribution in [0.2, 0.25) is 0 Å². The maximum atomic E-state index is 13.0. The monoisotopic (exact) mass is 302 g/mol. The normalized spacial score (nSPS) is 17.7. The number of carbonyl (C=O) groups is 1. The predicted octanol–water partition coefficient (Wildman–Crippen LogP) is 1.75. The molecular weight excluding hydrogens is 283 g/mol. The van der Waals surface area contributed by atoms with Gasteiger partial charge in [0, 0.05) is 19.6 Å². The number of benzene rings is 1. The molecule has 1 aliphatic heterocycles. The van der Waals surface area contributed by atoms with Crippen LogP contribution in [0.5, 0.6) is 0 Å². The van der Waals surface area contributed by atoms with Gasteiger partial charge in [-0.1, -0.05) is 0 Å². The minimum Gasteiger partial charge on any atom is -0.337 e. The summed E-state index contributed by atoms with van der Waals surface area (Å²) in [6, 6.07) is 6.28. The third-order valence-electron chi connectivity index (χ3n) is 4.21. The van der Waals surface area contributed by atoms with Gasteiger partial charge in [0.15, 0.2) is 0 Å². The van der Waals surface area contributed by atoms with Crippen LogP contribution in [0, 0.1) is 12.7 Å². The molecule has 6 heteroatoms. The number of carbonyl (C=O) groups excluding carboxylic acids is 1. The van der Waals surface area contributed by atoms with Crippen LogP contribution in [-0.4, -0.2) is 46.8 Å². The number of nitrogens with zero attached hydrogens (tertiary/aromatic N) is 3. The van der Waals surface area contributed by atoms with Gasteiger partial charge in [0.1, 0.15) is 5.82 Å². The lowest BCUT2D eigenvalue weighted by molar-refractivity contribution is 0.0743. The summed E-state index contributed by atoms with van der Waals surface area (Å²) in [5, 5.41) is 7.54. The summed E-state index contributed by atoms with van der Waals surface area (Å²) in [5.74, 6) is -0.321. The van der Waals surface area contributed by atoms with Crippen molar-refractivity contribution in [3.8, 4) is 5.69 Å². The molecule has 1 aromatic carbocycles. The smallest absolute Gasteiger partial charge is 0.257 e. The van der Waals surface area contributed by atoms with Gasteiger partial charge in [-0.25, -0.2) is 9.07 Å². The van der Waals surface area contributed by atoms with E-state index in [4.69, 9.17) is 0 Å². The summed E-state index contributed by atoms with van der Waals surface area (Å²) >= 11 is 0. The van der Waals surface area contributed by atoms with Crippen molar-refractivity contribution in [2.24, 2.45) is 0 Å². The van der Waals surface area contributed by atoms with E-state index in [9.17, 15) is 9.18 Å². The Morgan fingerprint density at radius 1 is 1.41 bits per heavy atom. The molecule has 2 aromatic rings. The van der Waals surface area contributed by atoms with Crippen LogP contribution in [0.4, 0.5) is 4.39 Å². The molecule has 5 nitrogen and oxygen atoms in total. The Morgan fingerprint density at radius 2 is 2.14 bits per heavy atom. The van der Waals surface area contributed by atoms with Gasteiger partial charge in [-0.05, 0) is 44.2 Å². The van der Waals surface area contributed by atoms with Crippen molar-refractivity contribution >= 4 is 5.91 Å². The van der Waals surface area contributed by atoms with Crippen molar-refractivity contribution in [1.82, 2.24) is 20.0 Å². The Hall–Kier alpha value is -2.21. The second-order valence-corrected chi connectivity index (χ2v) is 5.59. The van der Waals surface area contributed by atoms with E-state index in [0.29, 0.717) is 5.56 Å². The number of hydrogen-bond acceptors (Lipinski definition) is 3. The molecule has 1 amide bonds. The summed E-state index contributed by atoms with van der Waals surface area (Å²) in [7, 11) is 1.83. The molecule has 0 saturated carbocycles. The lowest BCUT2D eigenvalue weighted by atomic mass is 10.1. The molecule has 2 heterocycles. The van der Waals surface area contributed by atoms with Gasteiger partial charge in [0.05, 0.1) is 23.1 Å². The first kappa shape index (κ1) is 14.7. The van der Waals surface area contributed by atoms with E-state index in [-0.39, 0.29) is 17.8 Å². The zero-order valence-corrected chi connectivity index (χ0v) is 12.7. The average Bonchev–Trinajstić information content (AvgIpc) is 3.16. The zero-order chi connectivity index (χ0) is 15.7. The van der Waals surface area contributed by atoms with Crippen LogP contribution < -0.4 is 5.32 Å². The van der Waals surface area contributed by atoms with Crippen molar-refractivity contribution in [1.29, 1.82) is 0 Å². The number of likely N-dealkylation sites (N-methyl/N-ethyl adjacent to an activating group) is 1. The van der Waals surface area contributed by atoms with Crippen LogP contribution in [0.3, 0.4) is 0 Å². The summed E-state index contributed by atoms with van der Waals surface area (Å²) in [6.07, 6.45) is 2.55. The quantitative estimate of drug-likeness (QED) is 0.940. The van der Waals surface area contributed by atoms with E-state index in [1.165, 1.54) is 12.1 Å². The molecule has 1 saturated heterocycles. The Labute approximate surface area is 128 Å². The fraction of sp³-hybridized carbons (Fsp3) is 0.375. The van der Waals surface area contributed by atoms with Crippen molar-refractivity contribution in [2.75, 3.05) is 20.1 Å². The van der Waals surface area contributed by atoms with Gasteiger partial charge in [-0.15, -0.1) is 0 Å². The molecule has 116 valence electrons. The molecule has 0 radical (unpaired) electrons. The molecule has 1 aromatic heterocycles. The third kappa shape index (κ3) is 2.62. The molecular formula is C16H19FN4O. The molecule has 0 aliphatic carbocycles. The first-order chi connectivity index (χ1) is 10.6. The van der Waals surface area contributed by atoms with Gasteiger partial charge < -0.3 is 10.2 Å². The van der Waals surface area contributed by atoms with E-state index in [0.717, 1.165) is 30.9 Å². The second kappa shape index (κ2) is 5.88. The largest absolute Gasteiger partial charge is 0.337 e. The highest BCUT2D eigenvalue weighted by Crippen LogP contribution is 2.18. The summed E-state index contributed by atoms with van der Waals surface area (Å²) in [6.45, 7) is 3.62. The van der Waals surface area contributed by atoms with Crippen molar-refractivity contribution < 1.29 is 9.18 Å². The summed E-state index contributed by atoms with van der Waals surface area (Å²) < 4.78 is 14.7. The fourth-order valence-electron chi connectivity index (χ4n) is 2.79. The first-order valence-corrected chi connectivity index (χ1v) is 7.36. The molecule has 3 rings (SSSR count). The van der Waals surface area contributed by atoms with Crippen LogP contribution in [-0.2, 0) is 0 Å². The minimum absolute atomic E-state index is 0.0282. The highest BCUT2D eigenvalue weighted by Gasteiger charge is 2.26. The van der Waals surface area contributed by atoms with Gasteiger partial charge in [0.25, 0.3) is 5.91 Å². The second-order valence-electron chi connectivity index (χ2n) is 5.59. The maximum Gasteiger partial charge on any atom is 0.257 e. The van der Waals surface area contributed by atoms with Crippen LogP contribution in [0.25, 0.3) is 5.69 Å². The Kier molecular flexibility index (Phi) is 3.94. The number of amides is 1. The average molecular weight is 302 g/mol. The molecule has 1 aliphatic rings. The topological polar surface area (TPSA) is 50.2 Å². The Morgan fingerprint density at radius 3 is 2.77 bits per heavy atom. The number of hydrogen-bond donors (Lipinski definition) is 1. The number of aromatic nitrogens is 2. The number of halogens is 1. The highest BCUT2D eigenvalue weighted by atomic mass is 19.1. The van der Waals surface area contributed by atoms with Crippen molar-refractivity contribution in [3.63, 3.8) is 0 Å². The van der Waals surface area contributed by atoms with Crippen LogP contribution in [0.1, 0.15) is 22.5 Å². The number of nitrogens with one attached hydrogen (secondary N) is 1. The standard InChI is InChI=1S/C16H19FN4O/c1-11-15(16(22)20(2)14-7-8-18-9-14)10-19-21(11)13-5-3-12(17)4-6-13/h3-6,10,14,18H,7-9H2,1-2H3. The zero-order valence-electron chi connectivity index (χ0n) is 12.7. The van der Waals surface area contributed by atoms with Gasteiger partial charge in [0.2, 0.25) is 0 Å². The van der Waals surface area contributed by atoms with Crippen molar-refractivity contribution in [3.05, 3.63) is 47.5 Å². The van der Waals surface area contributed by atoms with Crippen molar-refractivity contribution in [2.45, 2.75) is 19.4 Å². The molecule has 1 atom stereocenters. The van der Waals surface area contributed by atoms with E-state index in [1.807, 2.05) is 14.0 Å². The van der Waals surface area contributed by atoms with E-state index in [1.54, 1.807) is 27.9 Å². The SMILES string of the molecule is Cc1c(C(=O)N(C)C2CCNC2)cnn1-c1ccc(F)cc1. The summed E-state index contributed by atoms with van der Waals surface area (Å²) in [4.78, 5) is 14.4. The first-order valence-electron chi connectivity index (χ1n) is 7.36. The predicted molar refractivity (Wildman–Crippen MR) is 81.6 cm³/mol. The maximum absolute atomic E-state index is 13.0. The molecule has 1 fully saturated rings. The molecule has 1 N–H and O–H groups in total. The lowest BCUT2D eigenvalue weighted by Crippen LogP contribution is -2.38. The fourth-order valence-corrected chi connectivity index (χ4v) is 2.79. The van der Waals surface area contributed by atoms with E-state index < -0.39 is 0 Å². The lowest BCUT2D eigenvalue weighted by Gasteiger charge is -2.23. The number of rotatable bonds is 3. The van der Waals surface area contributed by atoms with E-state index in [2.05, 4.69) is 10.4 Å². The van der Waals surface area contributed by atoms with Gasteiger partial charge in [-0.3, -0.25) is 4.79 Å². The molecule has 0 spiro atoms. The van der Waals surface area contributed by atoms with E-state index >= 15 is 0 Å². The Bertz CT molecular complexity index is 674.